The van der Waals surface area contributed by atoms with Crippen molar-refractivity contribution in [2.75, 3.05) is 18.5 Å². The number of nitrogens with zero attached hydrogens (tertiary/aromatic N) is 1. The summed E-state index contributed by atoms with van der Waals surface area (Å²) in [5.74, 6) is 0. The Labute approximate surface area is 127 Å². The largest absolute Gasteiger partial charge is 0.379 e. The molecule has 0 heterocycles. The lowest BCUT2D eigenvalue weighted by atomic mass is 10.2. The molecule has 0 saturated heterocycles. The molecule has 0 aromatic heterocycles. The second kappa shape index (κ2) is 8.31. The van der Waals surface area contributed by atoms with Crippen molar-refractivity contribution in [2.24, 2.45) is 0 Å². The summed E-state index contributed by atoms with van der Waals surface area (Å²) in [5, 5.41) is 14.0. The van der Waals surface area contributed by atoms with Crippen LogP contribution in [0, 0.1) is 13.7 Å². The molecule has 0 fully saturated rings. The highest BCUT2D eigenvalue weighted by atomic mass is 127. The second-order valence-electron chi connectivity index (χ2n) is 4.47. The van der Waals surface area contributed by atoms with Crippen molar-refractivity contribution in [1.82, 2.24) is 0 Å². The Balaban J connectivity index is 2.39. The van der Waals surface area contributed by atoms with Gasteiger partial charge in [0.2, 0.25) is 0 Å². The number of hydrogen-bond acceptors (Lipinski definition) is 4. The van der Waals surface area contributed by atoms with E-state index in [2.05, 4.69) is 27.9 Å². The molecule has 0 unspecified atom stereocenters. The Morgan fingerprint density at radius 3 is 2.79 bits per heavy atom. The summed E-state index contributed by atoms with van der Waals surface area (Å²) in [7, 11) is 0. The van der Waals surface area contributed by atoms with Crippen molar-refractivity contribution in [3.63, 3.8) is 0 Å². The molecule has 0 atom stereocenters. The van der Waals surface area contributed by atoms with E-state index < -0.39 is 0 Å². The fourth-order valence-electron chi connectivity index (χ4n) is 1.57. The van der Waals surface area contributed by atoms with Crippen LogP contribution in [-0.4, -0.2) is 24.2 Å². The number of hydrogen-bond donors (Lipinski definition) is 1. The molecule has 6 heteroatoms. The predicted octanol–water partition coefficient (Wildman–Crippen LogP) is 3.82. The standard InChI is InChI=1S/C13H19IN2O3/c1-10(2)19-8-4-3-7-15-12-6-5-11(14)9-13(12)16(17)18/h5-6,9-10,15H,3-4,7-8H2,1-2H3. The number of ether oxygens (including phenoxy) is 1. The lowest BCUT2D eigenvalue weighted by Crippen LogP contribution is -2.08. The second-order valence-corrected chi connectivity index (χ2v) is 5.72. The fraction of sp³-hybridized carbons (Fsp3) is 0.538. The van der Waals surface area contributed by atoms with E-state index in [-0.39, 0.29) is 16.7 Å². The average molecular weight is 378 g/mol. The number of nitro benzene ring substituents is 1. The van der Waals surface area contributed by atoms with E-state index >= 15 is 0 Å². The molecule has 0 amide bonds. The van der Waals surface area contributed by atoms with Crippen LogP contribution < -0.4 is 5.32 Å². The van der Waals surface area contributed by atoms with Crippen molar-refractivity contribution >= 4 is 34.0 Å². The number of rotatable bonds is 8. The van der Waals surface area contributed by atoms with E-state index in [0.29, 0.717) is 12.2 Å². The summed E-state index contributed by atoms with van der Waals surface area (Å²) in [6, 6.07) is 5.19. The van der Waals surface area contributed by atoms with Gasteiger partial charge in [-0.1, -0.05) is 0 Å². The third-order valence-corrected chi connectivity index (χ3v) is 3.17. The molecule has 106 valence electrons. The molecule has 1 rings (SSSR count). The minimum atomic E-state index is -0.355. The summed E-state index contributed by atoms with van der Waals surface area (Å²) in [6.07, 6.45) is 2.13. The molecular weight excluding hydrogens is 359 g/mol. The molecule has 19 heavy (non-hydrogen) atoms. The zero-order valence-electron chi connectivity index (χ0n) is 11.2. The highest BCUT2D eigenvalue weighted by Gasteiger charge is 2.13. The highest BCUT2D eigenvalue weighted by molar-refractivity contribution is 14.1. The van der Waals surface area contributed by atoms with E-state index in [4.69, 9.17) is 4.74 Å². The van der Waals surface area contributed by atoms with Gasteiger partial charge in [0.1, 0.15) is 5.69 Å². The smallest absolute Gasteiger partial charge is 0.293 e. The molecule has 1 N–H and O–H groups in total. The van der Waals surface area contributed by atoms with Gasteiger partial charge in [0.25, 0.3) is 5.69 Å². The Morgan fingerprint density at radius 2 is 2.16 bits per heavy atom. The Kier molecular flexibility index (Phi) is 7.07. The molecule has 0 bridgehead atoms. The van der Waals surface area contributed by atoms with Crippen molar-refractivity contribution in [1.29, 1.82) is 0 Å². The number of unbranched alkanes of at least 4 members (excludes halogenated alkanes) is 1. The quantitative estimate of drug-likeness (QED) is 0.323. The summed E-state index contributed by atoms with van der Waals surface area (Å²) in [5.41, 5.74) is 0.709. The van der Waals surface area contributed by atoms with Gasteiger partial charge < -0.3 is 10.1 Å². The van der Waals surface area contributed by atoms with Crippen molar-refractivity contribution in [3.05, 3.63) is 31.9 Å². The van der Waals surface area contributed by atoms with Crippen LogP contribution in [0.25, 0.3) is 0 Å². The third kappa shape index (κ3) is 6.20. The van der Waals surface area contributed by atoms with E-state index in [1.807, 2.05) is 19.9 Å². The molecule has 0 aliphatic heterocycles. The maximum Gasteiger partial charge on any atom is 0.293 e. The number of nitro groups is 1. The number of halogens is 1. The highest BCUT2D eigenvalue weighted by Crippen LogP contribution is 2.26. The number of nitrogens with one attached hydrogen (secondary N) is 1. The van der Waals surface area contributed by atoms with Crippen LogP contribution >= 0.6 is 22.6 Å². The molecule has 1 aromatic carbocycles. The maximum atomic E-state index is 10.9. The van der Waals surface area contributed by atoms with Gasteiger partial charge in [-0.15, -0.1) is 0 Å². The van der Waals surface area contributed by atoms with Gasteiger partial charge in [-0.25, -0.2) is 0 Å². The van der Waals surface area contributed by atoms with E-state index in [1.54, 1.807) is 12.1 Å². The van der Waals surface area contributed by atoms with Crippen LogP contribution in [0.3, 0.4) is 0 Å². The van der Waals surface area contributed by atoms with Crippen LogP contribution in [0.15, 0.2) is 18.2 Å². The zero-order valence-corrected chi connectivity index (χ0v) is 13.3. The number of benzene rings is 1. The van der Waals surface area contributed by atoms with Crippen LogP contribution in [0.1, 0.15) is 26.7 Å². The topological polar surface area (TPSA) is 64.4 Å². The normalized spacial score (nSPS) is 10.7. The van der Waals surface area contributed by atoms with Gasteiger partial charge in [-0.2, -0.15) is 0 Å². The van der Waals surface area contributed by atoms with Crippen LogP contribution in [0.2, 0.25) is 0 Å². The molecule has 0 saturated carbocycles. The van der Waals surface area contributed by atoms with E-state index in [9.17, 15) is 10.1 Å². The Morgan fingerprint density at radius 1 is 1.42 bits per heavy atom. The first-order valence-electron chi connectivity index (χ1n) is 6.30. The summed E-state index contributed by atoms with van der Waals surface area (Å²) in [4.78, 5) is 10.6. The molecule has 0 aliphatic rings. The molecule has 1 aromatic rings. The lowest BCUT2D eigenvalue weighted by Gasteiger charge is -2.09. The average Bonchev–Trinajstić information content (AvgIpc) is 2.34. The minimum absolute atomic E-state index is 0.130. The van der Waals surface area contributed by atoms with Gasteiger partial charge in [-0.05, 0) is 61.4 Å². The van der Waals surface area contributed by atoms with Gasteiger partial charge in [0.05, 0.1) is 11.0 Å². The third-order valence-electron chi connectivity index (χ3n) is 2.49. The molecule has 5 nitrogen and oxygen atoms in total. The summed E-state index contributed by atoms with van der Waals surface area (Å²) in [6.45, 7) is 5.46. The van der Waals surface area contributed by atoms with E-state index in [1.165, 1.54) is 0 Å². The van der Waals surface area contributed by atoms with Crippen molar-refractivity contribution < 1.29 is 9.66 Å². The van der Waals surface area contributed by atoms with Gasteiger partial charge in [-0.3, -0.25) is 10.1 Å². The van der Waals surface area contributed by atoms with E-state index in [0.717, 1.165) is 23.0 Å². The van der Waals surface area contributed by atoms with Crippen LogP contribution in [0.5, 0.6) is 0 Å². The summed E-state index contributed by atoms with van der Waals surface area (Å²) < 4.78 is 6.30. The van der Waals surface area contributed by atoms with Crippen molar-refractivity contribution in [3.8, 4) is 0 Å². The Hall–Kier alpha value is -0.890. The fourth-order valence-corrected chi connectivity index (χ4v) is 2.05. The Bertz CT molecular complexity index is 424. The molecule has 0 aliphatic carbocycles. The first kappa shape index (κ1) is 16.2. The molecular formula is C13H19IN2O3. The SMILES string of the molecule is CC(C)OCCCCNc1ccc(I)cc1[N+](=O)[O-]. The summed E-state index contributed by atoms with van der Waals surface area (Å²) >= 11 is 2.07. The lowest BCUT2D eigenvalue weighted by molar-refractivity contribution is -0.384. The first-order valence-corrected chi connectivity index (χ1v) is 7.38. The first-order chi connectivity index (χ1) is 9.00. The monoisotopic (exact) mass is 378 g/mol. The number of anilines is 1. The van der Waals surface area contributed by atoms with Crippen LogP contribution in [-0.2, 0) is 4.74 Å². The van der Waals surface area contributed by atoms with Crippen molar-refractivity contribution in [2.45, 2.75) is 32.8 Å². The minimum Gasteiger partial charge on any atom is -0.379 e. The maximum absolute atomic E-state index is 10.9. The molecule has 0 spiro atoms. The molecule has 0 radical (unpaired) electrons. The van der Waals surface area contributed by atoms with Gasteiger partial charge in [0.15, 0.2) is 0 Å². The van der Waals surface area contributed by atoms with Crippen LogP contribution in [0.4, 0.5) is 11.4 Å². The zero-order chi connectivity index (χ0) is 14.3. The van der Waals surface area contributed by atoms with Gasteiger partial charge >= 0.3 is 0 Å². The van der Waals surface area contributed by atoms with Gasteiger partial charge in [0, 0.05) is 22.8 Å². The predicted molar refractivity (Wildman–Crippen MR) is 84.6 cm³/mol.